The van der Waals surface area contributed by atoms with Gasteiger partial charge in [0.15, 0.2) is 0 Å². The van der Waals surface area contributed by atoms with Crippen LogP contribution in [0.2, 0.25) is 0 Å². The molecule has 5 aliphatic carbocycles. The van der Waals surface area contributed by atoms with Gasteiger partial charge in [-0.3, -0.25) is 9.59 Å². The van der Waals surface area contributed by atoms with E-state index in [4.69, 9.17) is 4.74 Å². The maximum Gasteiger partial charge on any atom is 0.302 e. The standard InChI is InChI=1S/C36H60N2O3/c1-23-13-18-36(31(40)37-21-22-38(9)10)20-19-34(7)26(30(36)24(23)2)11-12-28-33(6)16-15-29(41-25(3)39)32(4,5)27(33)14-17-35(28,34)8/h11,23-24,27-30H,12-22H2,1-10H3,(H,37,40)/t23-,24+,27+,28-,29+,30+,33+,34-,35-,36+/m1/s1. The lowest BCUT2D eigenvalue weighted by Crippen LogP contribution is -2.66. The molecule has 0 spiro atoms. The number of nitrogens with one attached hydrogen (secondary N) is 1. The highest BCUT2D eigenvalue weighted by atomic mass is 16.5. The first-order valence-corrected chi connectivity index (χ1v) is 16.9. The van der Waals surface area contributed by atoms with Crippen molar-refractivity contribution in [2.45, 2.75) is 119 Å². The van der Waals surface area contributed by atoms with Crippen LogP contribution in [0, 0.1) is 56.7 Å². The zero-order valence-electron chi connectivity index (χ0n) is 28.0. The van der Waals surface area contributed by atoms with Crippen molar-refractivity contribution in [1.29, 1.82) is 0 Å². The number of ether oxygens (including phenoxy) is 1. The molecule has 5 nitrogen and oxygen atoms in total. The van der Waals surface area contributed by atoms with Crippen LogP contribution in [0.3, 0.4) is 0 Å². The lowest BCUT2D eigenvalue weighted by molar-refractivity contribution is -0.212. The molecular weight excluding hydrogens is 508 g/mol. The summed E-state index contributed by atoms with van der Waals surface area (Å²) in [6, 6.07) is 0. The molecule has 0 unspecified atom stereocenters. The fourth-order valence-electron chi connectivity index (χ4n) is 11.8. The summed E-state index contributed by atoms with van der Waals surface area (Å²) in [7, 11) is 4.15. The van der Waals surface area contributed by atoms with Gasteiger partial charge in [0.2, 0.25) is 5.91 Å². The van der Waals surface area contributed by atoms with Gasteiger partial charge in [-0.15, -0.1) is 0 Å². The Balaban J connectivity index is 1.51. The van der Waals surface area contributed by atoms with E-state index in [-0.39, 0.29) is 39.1 Å². The fraction of sp³-hybridized carbons (Fsp3) is 0.889. The van der Waals surface area contributed by atoms with Gasteiger partial charge in [-0.25, -0.2) is 0 Å². The molecule has 0 radical (unpaired) electrons. The summed E-state index contributed by atoms with van der Waals surface area (Å²) in [6.07, 6.45) is 12.6. The van der Waals surface area contributed by atoms with Crippen LogP contribution >= 0.6 is 0 Å². The Morgan fingerprint density at radius 3 is 2.32 bits per heavy atom. The molecule has 0 heterocycles. The molecule has 4 saturated carbocycles. The smallest absolute Gasteiger partial charge is 0.302 e. The highest BCUT2D eigenvalue weighted by Crippen LogP contribution is 2.75. The van der Waals surface area contributed by atoms with Gasteiger partial charge in [0.05, 0.1) is 5.41 Å². The zero-order valence-corrected chi connectivity index (χ0v) is 28.0. The number of hydrogen-bond acceptors (Lipinski definition) is 4. The Morgan fingerprint density at radius 2 is 1.66 bits per heavy atom. The van der Waals surface area contributed by atoms with E-state index in [1.807, 2.05) is 0 Å². The number of allylic oxidation sites excluding steroid dienone is 2. The number of amides is 1. The topological polar surface area (TPSA) is 58.6 Å². The number of hydrogen-bond donors (Lipinski definition) is 1. The molecule has 1 N–H and O–H groups in total. The monoisotopic (exact) mass is 568 g/mol. The number of carbonyl (C=O) groups excluding carboxylic acids is 2. The first-order valence-electron chi connectivity index (χ1n) is 16.9. The molecule has 41 heavy (non-hydrogen) atoms. The quantitative estimate of drug-likeness (QED) is 0.280. The second kappa shape index (κ2) is 10.4. The van der Waals surface area contributed by atoms with Crippen LogP contribution in [0.25, 0.3) is 0 Å². The third-order valence-corrected chi connectivity index (χ3v) is 14.5. The predicted octanol–water partition coefficient (Wildman–Crippen LogP) is 7.25. The summed E-state index contributed by atoms with van der Waals surface area (Å²) in [5.41, 5.74) is 1.90. The molecule has 5 rings (SSSR count). The van der Waals surface area contributed by atoms with Crippen LogP contribution in [-0.4, -0.2) is 50.1 Å². The largest absolute Gasteiger partial charge is 0.462 e. The fourth-order valence-corrected chi connectivity index (χ4v) is 11.8. The van der Waals surface area contributed by atoms with E-state index in [9.17, 15) is 9.59 Å². The van der Waals surface area contributed by atoms with Crippen LogP contribution in [-0.2, 0) is 14.3 Å². The van der Waals surface area contributed by atoms with Crippen LogP contribution in [0.15, 0.2) is 11.6 Å². The van der Waals surface area contributed by atoms with Crippen LogP contribution in [0.5, 0.6) is 0 Å². The first kappa shape index (κ1) is 31.1. The number of carbonyl (C=O) groups is 2. The molecule has 5 heteroatoms. The van der Waals surface area contributed by atoms with Gasteiger partial charge >= 0.3 is 5.97 Å². The summed E-state index contributed by atoms with van der Waals surface area (Å²) >= 11 is 0. The third kappa shape index (κ3) is 4.48. The Kier molecular flexibility index (Phi) is 7.86. The lowest BCUT2D eigenvalue weighted by atomic mass is 9.33. The van der Waals surface area contributed by atoms with Gasteiger partial charge in [-0.05, 0) is 118 Å². The van der Waals surface area contributed by atoms with Crippen LogP contribution < -0.4 is 5.32 Å². The molecule has 0 aliphatic heterocycles. The summed E-state index contributed by atoms with van der Waals surface area (Å²) in [5.74, 6) is 2.82. The molecule has 10 atom stereocenters. The average molecular weight is 569 g/mol. The zero-order chi connectivity index (χ0) is 30.2. The van der Waals surface area contributed by atoms with Gasteiger partial charge in [0, 0.05) is 25.4 Å². The van der Waals surface area contributed by atoms with Gasteiger partial charge < -0.3 is 15.0 Å². The summed E-state index contributed by atoms with van der Waals surface area (Å²) in [5, 5.41) is 3.41. The van der Waals surface area contributed by atoms with Crippen molar-refractivity contribution in [3.63, 3.8) is 0 Å². The Morgan fingerprint density at radius 1 is 0.951 bits per heavy atom. The molecule has 0 aromatic carbocycles. The van der Waals surface area contributed by atoms with E-state index >= 15 is 0 Å². The molecule has 4 fully saturated rings. The molecular formula is C36H60N2O3. The van der Waals surface area contributed by atoms with Gasteiger partial charge in [0.1, 0.15) is 6.10 Å². The molecule has 232 valence electrons. The third-order valence-electron chi connectivity index (χ3n) is 14.5. The maximum absolute atomic E-state index is 14.2. The Bertz CT molecular complexity index is 1080. The molecule has 0 aromatic rings. The SMILES string of the molecule is CC(=O)O[C@H]1CC[C@]2(C)[C@H]3CC=C4[C@@H]5[C@@H](C)[C@H](C)CC[C@]5(C(=O)NCCN(C)C)CC[C@@]4(C)[C@]3(C)CC[C@H]2C1(C)C. The number of esters is 1. The van der Waals surface area contributed by atoms with Crippen molar-refractivity contribution < 1.29 is 14.3 Å². The number of nitrogens with zero attached hydrogens (tertiary/aromatic N) is 1. The normalized spacial score (nSPS) is 46.8. The molecule has 1 amide bonds. The Labute approximate surface area is 251 Å². The van der Waals surface area contributed by atoms with Gasteiger partial charge in [-0.1, -0.05) is 60.1 Å². The highest BCUT2D eigenvalue weighted by Gasteiger charge is 2.69. The van der Waals surface area contributed by atoms with E-state index in [0.717, 1.165) is 58.0 Å². The average Bonchev–Trinajstić information content (AvgIpc) is 2.88. The minimum Gasteiger partial charge on any atom is -0.462 e. The van der Waals surface area contributed by atoms with Crippen molar-refractivity contribution >= 4 is 11.9 Å². The predicted molar refractivity (Wildman–Crippen MR) is 166 cm³/mol. The van der Waals surface area contributed by atoms with Crippen molar-refractivity contribution in [3.8, 4) is 0 Å². The van der Waals surface area contributed by atoms with E-state index < -0.39 is 0 Å². The minimum atomic E-state index is -0.266. The molecule has 5 aliphatic rings. The van der Waals surface area contributed by atoms with E-state index in [1.54, 1.807) is 12.5 Å². The molecule has 0 aromatic heterocycles. The van der Waals surface area contributed by atoms with E-state index in [1.165, 1.54) is 12.8 Å². The lowest BCUT2D eigenvalue weighted by Gasteiger charge is -2.71. The Hall–Kier alpha value is -1.36. The summed E-state index contributed by atoms with van der Waals surface area (Å²) in [6.45, 7) is 20.6. The number of rotatable bonds is 5. The minimum absolute atomic E-state index is 0.0126. The van der Waals surface area contributed by atoms with Gasteiger partial charge in [0.25, 0.3) is 0 Å². The number of fused-ring (bicyclic) bond motifs is 7. The van der Waals surface area contributed by atoms with Crippen LogP contribution in [0.4, 0.5) is 0 Å². The molecule has 0 bridgehead atoms. The highest BCUT2D eigenvalue weighted by molar-refractivity contribution is 5.84. The second-order valence-corrected chi connectivity index (χ2v) is 16.8. The van der Waals surface area contributed by atoms with Crippen molar-refractivity contribution in [2.75, 3.05) is 27.2 Å². The van der Waals surface area contributed by atoms with Crippen LogP contribution in [0.1, 0.15) is 113 Å². The number of likely N-dealkylation sites (N-methyl/N-ethyl adjacent to an activating group) is 1. The summed E-state index contributed by atoms with van der Waals surface area (Å²) < 4.78 is 5.93. The van der Waals surface area contributed by atoms with E-state index in [2.05, 4.69) is 78.9 Å². The second-order valence-electron chi connectivity index (χ2n) is 16.8. The van der Waals surface area contributed by atoms with Crippen molar-refractivity contribution in [3.05, 3.63) is 11.6 Å². The van der Waals surface area contributed by atoms with Gasteiger partial charge in [-0.2, -0.15) is 0 Å². The maximum atomic E-state index is 14.2. The van der Waals surface area contributed by atoms with Crippen molar-refractivity contribution in [1.82, 2.24) is 10.2 Å². The van der Waals surface area contributed by atoms with E-state index in [0.29, 0.717) is 35.5 Å². The van der Waals surface area contributed by atoms with Crippen molar-refractivity contribution in [2.24, 2.45) is 56.7 Å². The summed E-state index contributed by atoms with van der Waals surface area (Å²) in [4.78, 5) is 28.3. The molecule has 0 saturated heterocycles. The first-order chi connectivity index (χ1) is 19.0.